The molecular formula is C20H27IN4O3. The molecule has 1 fully saturated rings. The van der Waals surface area contributed by atoms with Gasteiger partial charge in [0.25, 0.3) is 0 Å². The van der Waals surface area contributed by atoms with Crippen molar-refractivity contribution in [3.8, 4) is 17.4 Å². The van der Waals surface area contributed by atoms with E-state index in [1.54, 1.807) is 27.5 Å². The minimum absolute atomic E-state index is 0. The minimum Gasteiger partial charge on any atom is -0.493 e. The highest BCUT2D eigenvalue weighted by Crippen LogP contribution is 2.30. The summed E-state index contributed by atoms with van der Waals surface area (Å²) in [5.74, 6) is 3.37. The van der Waals surface area contributed by atoms with E-state index in [9.17, 15) is 0 Å². The van der Waals surface area contributed by atoms with Gasteiger partial charge in [0.15, 0.2) is 17.5 Å². The van der Waals surface area contributed by atoms with Crippen molar-refractivity contribution in [2.75, 3.05) is 33.2 Å². The molecule has 1 saturated carbocycles. The van der Waals surface area contributed by atoms with Crippen molar-refractivity contribution in [2.24, 2.45) is 10.9 Å². The molecule has 1 aliphatic rings. The standard InChI is InChI=1S/C20H26N4O3.HI/c1-21-20(24-16-6-7-17(25-2)18(11-16)26-3)23-12-15-8-9-22-19(10-15)27-13-14-4-5-14;/h6-11,14H,4-5,12-13H2,1-3H3,(H2,21,23,24);1H. The van der Waals surface area contributed by atoms with Crippen LogP contribution < -0.4 is 24.8 Å². The summed E-state index contributed by atoms with van der Waals surface area (Å²) in [7, 11) is 4.95. The number of hydrogen-bond donors (Lipinski definition) is 2. The van der Waals surface area contributed by atoms with Gasteiger partial charge in [0, 0.05) is 37.6 Å². The maximum atomic E-state index is 5.74. The lowest BCUT2D eigenvalue weighted by Gasteiger charge is -2.14. The Balaban J connectivity index is 0.00000280. The van der Waals surface area contributed by atoms with E-state index in [0.717, 1.165) is 17.9 Å². The zero-order valence-electron chi connectivity index (χ0n) is 16.4. The van der Waals surface area contributed by atoms with Crippen LogP contribution in [0.4, 0.5) is 5.69 Å². The summed E-state index contributed by atoms with van der Waals surface area (Å²) in [5, 5.41) is 6.53. The van der Waals surface area contributed by atoms with Crippen molar-refractivity contribution < 1.29 is 14.2 Å². The molecule has 1 aromatic heterocycles. The fourth-order valence-corrected chi connectivity index (χ4v) is 2.54. The molecule has 152 valence electrons. The Morgan fingerprint density at radius 1 is 1.14 bits per heavy atom. The molecule has 1 heterocycles. The van der Waals surface area contributed by atoms with Crippen molar-refractivity contribution in [2.45, 2.75) is 19.4 Å². The van der Waals surface area contributed by atoms with Gasteiger partial charge in [0.2, 0.25) is 5.88 Å². The number of hydrogen-bond acceptors (Lipinski definition) is 5. The highest BCUT2D eigenvalue weighted by atomic mass is 127. The van der Waals surface area contributed by atoms with E-state index in [2.05, 4.69) is 20.6 Å². The van der Waals surface area contributed by atoms with Crippen molar-refractivity contribution in [1.29, 1.82) is 0 Å². The highest BCUT2D eigenvalue weighted by molar-refractivity contribution is 14.0. The monoisotopic (exact) mass is 498 g/mol. The molecule has 0 saturated heterocycles. The number of aliphatic imine (C=N–C) groups is 1. The number of benzene rings is 1. The van der Waals surface area contributed by atoms with Crippen LogP contribution in [0.2, 0.25) is 0 Å². The van der Waals surface area contributed by atoms with Gasteiger partial charge in [-0.15, -0.1) is 24.0 Å². The van der Waals surface area contributed by atoms with Gasteiger partial charge in [0.05, 0.1) is 20.8 Å². The summed E-state index contributed by atoms with van der Waals surface area (Å²) in [6.07, 6.45) is 4.29. The van der Waals surface area contributed by atoms with Crippen LogP contribution in [0, 0.1) is 5.92 Å². The number of nitrogens with zero attached hydrogens (tertiary/aromatic N) is 2. The molecule has 0 bridgehead atoms. The van der Waals surface area contributed by atoms with E-state index in [1.807, 2.05) is 30.3 Å². The number of methoxy groups -OCH3 is 2. The number of guanidine groups is 1. The molecule has 0 aliphatic heterocycles. The summed E-state index contributed by atoms with van der Waals surface area (Å²) >= 11 is 0. The Bertz CT molecular complexity index is 797. The summed E-state index contributed by atoms with van der Waals surface area (Å²) in [6, 6.07) is 9.53. The zero-order valence-corrected chi connectivity index (χ0v) is 18.7. The predicted octanol–water partition coefficient (Wildman–Crippen LogP) is 3.69. The van der Waals surface area contributed by atoms with Gasteiger partial charge >= 0.3 is 0 Å². The average Bonchev–Trinajstić information content (AvgIpc) is 3.54. The van der Waals surface area contributed by atoms with Crippen molar-refractivity contribution in [1.82, 2.24) is 10.3 Å². The topological polar surface area (TPSA) is 77.0 Å². The van der Waals surface area contributed by atoms with Crippen LogP contribution in [0.15, 0.2) is 41.5 Å². The molecule has 0 amide bonds. The first-order valence-electron chi connectivity index (χ1n) is 8.99. The number of ether oxygens (including phenoxy) is 3. The number of aromatic nitrogens is 1. The number of anilines is 1. The molecule has 7 nitrogen and oxygen atoms in total. The molecule has 2 aromatic rings. The molecule has 1 aliphatic carbocycles. The number of nitrogens with one attached hydrogen (secondary N) is 2. The van der Waals surface area contributed by atoms with E-state index >= 15 is 0 Å². The van der Waals surface area contributed by atoms with Gasteiger partial charge in [-0.3, -0.25) is 4.99 Å². The highest BCUT2D eigenvalue weighted by Gasteiger charge is 2.22. The van der Waals surface area contributed by atoms with E-state index in [-0.39, 0.29) is 24.0 Å². The molecule has 0 atom stereocenters. The fraction of sp³-hybridized carbons (Fsp3) is 0.400. The van der Waals surface area contributed by atoms with Gasteiger partial charge in [-0.25, -0.2) is 4.98 Å². The third-order valence-corrected chi connectivity index (χ3v) is 4.29. The molecule has 0 unspecified atom stereocenters. The number of pyridine rings is 1. The second kappa shape index (κ2) is 10.9. The molecule has 0 spiro atoms. The summed E-state index contributed by atoms with van der Waals surface area (Å²) < 4.78 is 16.3. The first-order chi connectivity index (χ1) is 13.2. The molecule has 28 heavy (non-hydrogen) atoms. The summed E-state index contributed by atoms with van der Waals surface area (Å²) in [4.78, 5) is 8.53. The van der Waals surface area contributed by atoms with Crippen molar-refractivity contribution in [3.63, 3.8) is 0 Å². The fourth-order valence-electron chi connectivity index (χ4n) is 2.54. The van der Waals surface area contributed by atoms with Crippen LogP contribution in [0.5, 0.6) is 17.4 Å². The van der Waals surface area contributed by atoms with Crippen LogP contribution in [0.1, 0.15) is 18.4 Å². The first-order valence-corrected chi connectivity index (χ1v) is 8.99. The molecular weight excluding hydrogens is 471 g/mol. The quantitative estimate of drug-likeness (QED) is 0.329. The Labute approximate surface area is 182 Å². The van der Waals surface area contributed by atoms with Gasteiger partial charge < -0.3 is 24.8 Å². The smallest absolute Gasteiger partial charge is 0.213 e. The maximum Gasteiger partial charge on any atom is 0.213 e. The molecule has 1 aromatic carbocycles. The van der Waals surface area contributed by atoms with E-state index in [4.69, 9.17) is 14.2 Å². The van der Waals surface area contributed by atoms with E-state index in [1.165, 1.54) is 12.8 Å². The lowest BCUT2D eigenvalue weighted by Crippen LogP contribution is -2.30. The van der Waals surface area contributed by atoms with Crippen molar-refractivity contribution in [3.05, 3.63) is 42.1 Å². The maximum absolute atomic E-state index is 5.74. The molecule has 8 heteroatoms. The molecule has 2 N–H and O–H groups in total. The van der Waals surface area contributed by atoms with E-state index in [0.29, 0.717) is 35.8 Å². The zero-order chi connectivity index (χ0) is 19.1. The van der Waals surface area contributed by atoms with Crippen molar-refractivity contribution >= 4 is 35.6 Å². The third-order valence-electron chi connectivity index (χ3n) is 4.29. The van der Waals surface area contributed by atoms with Crippen LogP contribution >= 0.6 is 24.0 Å². The predicted molar refractivity (Wildman–Crippen MR) is 121 cm³/mol. The second-order valence-electron chi connectivity index (χ2n) is 6.38. The minimum atomic E-state index is 0. The lowest BCUT2D eigenvalue weighted by molar-refractivity contribution is 0.288. The lowest BCUT2D eigenvalue weighted by atomic mass is 10.2. The largest absolute Gasteiger partial charge is 0.493 e. The second-order valence-corrected chi connectivity index (χ2v) is 6.38. The molecule has 0 radical (unpaired) electrons. The van der Waals surface area contributed by atoms with Crippen LogP contribution in [0.25, 0.3) is 0 Å². The van der Waals surface area contributed by atoms with E-state index < -0.39 is 0 Å². The van der Waals surface area contributed by atoms with Crippen LogP contribution in [0.3, 0.4) is 0 Å². The van der Waals surface area contributed by atoms with Gasteiger partial charge in [-0.05, 0) is 42.5 Å². The SMILES string of the molecule is CN=C(NCc1ccnc(OCC2CC2)c1)Nc1ccc(OC)c(OC)c1.I. The Morgan fingerprint density at radius 3 is 2.61 bits per heavy atom. The van der Waals surface area contributed by atoms with Gasteiger partial charge in [0.1, 0.15) is 0 Å². The number of halogens is 1. The summed E-state index contributed by atoms with van der Waals surface area (Å²) in [6.45, 7) is 1.36. The van der Waals surface area contributed by atoms with Gasteiger partial charge in [-0.1, -0.05) is 0 Å². The molecule has 3 rings (SSSR count). The van der Waals surface area contributed by atoms with Crippen LogP contribution in [-0.2, 0) is 6.54 Å². The number of rotatable bonds is 8. The van der Waals surface area contributed by atoms with Gasteiger partial charge in [-0.2, -0.15) is 0 Å². The Kier molecular flexibility index (Phi) is 8.62. The Hall–Kier alpha value is -2.23. The average molecular weight is 498 g/mol. The first kappa shape index (κ1) is 22.1. The van der Waals surface area contributed by atoms with Crippen LogP contribution in [-0.4, -0.2) is 38.8 Å². The third kappa shape index (κ3) is 6.43. The normalized spacial score (nSPS) is 13.3. The Morgan fingerprint density at radius 2 is 1.93 bits per heavy atom. The summed E-state index contributed by atoms with van der Waals surface area (Å²) in [5.41, 5.74) is 1.93.